The van der Waals surface area contributed by atoms with Gasteiger partial charge < -0.3 is 19.9 Å². The molecule has 1 heterocycles. The monoisotopic (exact) mass is 486 g/mol. The van der Waals surface area contributed by atoms with Crippen LogP contribution < -0.4 is 15.4 Å². The van der Waals surface area contributed by atoms with Crippen LogP contribution in [0.1, 0.15) is 43.4 Å². The summed E-state index contributed by atoms with van der Waals surface area (Å²) >= 11 is 0. The number of ether oxygens (including phenoxy) is 1. The summed E-state index contributed by atoms with van der Waals surface area (Å²) in [6.45, 7) is 8.43. The third kappa shape index (κ3) is 7.04. The molecule has 7 heteroatoms. The predicted molar refractivity (Wildman–Crippen MR) is 120 cm³/mol. The van der Waals surface area contributed by atoms with E-state index >= 15 is 0 Å². The Hall–Kier alpha value is -1.77. The zero-order valence-electron chi connectivity index (χ0n) is 16.7. The molecule has 0 saturated carbocycles. The molecule has 27 heavy (non-hydrogen) atoms. The fourth-order valence-electron chi connectivity index (χ4n) is 2.73. The fourth-order valence-corrected chi connectivity index (χ4v) is 2.73. The summed E-state index contributed by atoms with van der Waals surface area (Å²) in [5.74, 6) is 2.62. The third-order valence-electron chi connectivity index (χ3n) is 4.21. The first kappa shape index (κ1) is 23.3. The van der Waals surface area contributed by atoms with E-state index in [4.69, 9.17) is 14.3 Å². The molecule has 0 aliphatic rings. The van der Waals surface area contributed by atoms with E-state index < -0.39 is 0 Å². The molecule has 0 saturated heterocycles. The van der Waals surface area contributed by atoms with Crippen LogP contribution in [-0.2, 0) is 25.8 Å². The van der Waals surface area contributed by atoms with Crippen LogP contribution in [0.25, 0.3) is 0 Å². The van der Waals surface area contributed by atoms with Crippen molar-refractivity contribution in [1.29, 1.82) is 0 Å². The van der Waals surface area contributed by atoms with Gasteiger partial charge in [0.25, 0.3) is 0 Å². The van der Waals surface area contributed by atoms with Crippen LogP contribution in [0.5, 0.6) is 5.75 Å². The first-order chi connectivity index (χ1) is 12.7. The molecule has 150 valence electrons. The molecule has 2 rings (SSSR count). The lowest BCUT2D eigenvalue weighted by Gasteiger charge is -2.11. The van der Waals surface area contributed by atoms with E-state index in [0.29, 0.717) is 6.54 Å². The van der Waals surface area contributed by atoms with Gasteiger partial charge >= 0.3 is 0 Å². The topological polar surface area (TPSA) is 71.7 Å². The Bertz CT molecular complexity index is 677. The maximum Gasteiger partial charge on any atom is 0.191 e. The second-order valence-electron chi connectivity index (χ2n) is 5.96. The number of nitrogens with zero attached hydrogens (tertiary/aromatic N) is 2. The van der Waals surface area contributed by atoms with Crippen molar-refractivity contribution in [2.45, 2.75) is 46.6 Å². The minimum absolute atomic E-state index is 0. The molecule has 0 fully saturated rings. The Morgan fingerprint density at radius 2 is 1.85 bits per heavy atom. The maximum atomic E-state index is 5.42. The van der Waals surface area contributed by atoms with Crippen LogP contribution in [0.3, 0.4) is 0 Å². The highest BCUT2D eigenvalue weighted by Crippen LogP contribution is 2.16. The molecule has 0 spiro atoms. The summed E-state index contributed by atoms with van der Waals surface area (Å²) in [4.78, 5) is 4.71. The molecular weight excluding hydrogens is 455 g/mol. The van der Waals surface area contributed by atoms with Crippen LogP contribution in [0.15, 0.2) is 33.8 Å². The van der Waals surface area contributed by atoms with Crippen molar-refractivity contribution in [2.75, 3.05) is 20.2 Å². The number of aryl methyl sites for hydroxylation is 2. The minimum atomic E-state index is 0. The van der Waals surface area contributed by atoms with Gasteiger partial charge in [-0.05, 0) is 37.5 Å². The van der Waals surface area contributed by atoms with Gasteiger partial charge in [-0.2, -0.15) is 0 Å². The Morgan fingerprint density at radius 3 is 2.44 bits per heavy atom. The Balaban J connectivity index is 0.00000364. The number of nitrogens with one attached hydrogen (secondary N) is 2. The van der Waals surface area contributed by atoms with Crippen molar-refractivity contribution in [2.24, 2.45) is 4.99 Å². The van der Waals surface area contributed by atoms with Crippen molar-refractivity contribution >= 4 is 29.9 Å². The van der Waals surface area contributed by atoms with E-state index in [2.05, 4.69) is 48.7 Å². The van der Waals surface area contributed by atoms with Crippen molar-refractivity contribution in [1.82, 2.24) is 15.8 Å². The number of halogens is 1. The fraction of sp³-hybridized carbons (Fsp3) is 0.500. The first-order valence-electron chi connectivity index (χ1n) is 9.33. The van der Waals surface area contributed by atoms with E-state index in [0.717, 1.165) is 61.1 Å². The number of aromatic nitrogens is 1. The highest BCUT2D eigenvalue weighted by atomic mass is 127. The van der Waals surface area contributed by atoms with Crippen molar-refractivity contribution in [3.05, 3.63) is 46.8 Å². The molecule has 0 amide bonds. The quantitative estimate of drug-likeness (QED) is 0.321. The average molecular weight is 486 g/mol. The molecule has 1 aromatic carbocycles. The van der Waals surface area contributed by atoms with Gasteiger partial charge in [-0.1, -0.05) is 31.1 Å². The number of guanidine groups is 1. The lowest BCUT2D eigenvalue weighted by Crippen LogP contribution is -2.38. The summed E-state index contributed by atoms with van der Waals surface area (Å²) < 4.78 is 10.6. The third-order valence-corrected chi connectivity index (χ3v) is 4.21. The van der Waals surface area contributed by atoms with Gasteiger partial charge in [0, 0.05) is 25.1 Å². The lowest BCUT2D eigenvalue weighted by atomic mass is 10.1. The van der Waals surface area contributed by atoms with E-state index in [1.165, 1.54) is 5.56 Å². The van der Waals surface area contributed by atoms with Gasteiger partial charge in [0.15, 0.2) is 5.96 Å². The second-order valence-corrected chi connectivity index (χ2v) is 5.96. The van der Waals surface area contributed by atoms with E-state index in [-0.39, 0.29) is 24.0 Å². The zero-order valence-corrected chi connectivity index (χ0v) is 19.0. The van der Waals surface area contributed by atoms with E-state index in [1.807, 2.05) is 12.1 Å². The van der Waals surface area contributed by atoms with Gasteiger partial charge in [0.1, 0.15) is 11.5 Å². The molecule has 1 aromatic heterocycles. The largest absolute Gasteiger partial charge is 0.497 e. The summed E-state index contributed by atoms with van der Waals surface area (Å²) in [6.07, 6.45) is 2.61. The number of benzene rings is 1. The summed E-state index contributed by atoms with van der Waals surface area (Å²) in [6, 6.07) is 8.14. The molecule has 0 bridgehead atoms. The average Bonchev–Trinajstić information content (AvgIpc) is 3.08. The summed E-state index contributed by atoms with van der Waals surface area (Å²) in [7, 11) is 1.68. The number of rotatable bonds is 9. The van der Waals surface area contributed by atoms with E-state index in [9.17, 15) is 0 Å². The highest BCUT2D eigenvalue weighted by molar-refractivity contribution is 14.0. The highest BCUT2D eigenvalue weighted by Gasteiger charge is 2.13. The van der Waals surface area contributed by atoms with Crippen LogP contribution in [0, 0.1) is 0 Å². The van der Waals surface area contributed by atoms with Crippen LogP contribution in [0.4, 0.5) is 0 Å². The second kappa shape index (κ2) is 12.6. The normalized spacial score (nSPS) is 11.0. The predicted octanol–water partition coefficient (Wildman–Crippen LogP) is 3.72. The number of hydrogen-bond acceptors (Lipinski definition) is 4. The van der Waals surface area contributed by atoms with Crippen molar-refractivity contribution in [3.63, 3.8) is 0 Å². The van der Waals surface area contributed by atoms with Gasteiger partial charge in [0.05, 0.1) is 19.3 Å². The summed E-state index contributed by atoms with van der Waals surface area (Å²) in [5, 5.41) is 10.8. The summed E-state index contributed by atoms with van der Waals surface area (Å²) in [5.41, 5.74) is 3.37. The maximum absolute atomic E-state index is 5.42. The van der Waals surface area contributed by atoms with E-state index in [1.54, 1.807) is 7.11 Å². The van der Waals surface area contributed by atoms with Crippen molar-refractivity contribution in [3.8, 4) is 5.75 Å². The molecule has 0 radical (unpaired) electrons. The Kier molecular flexibility index (Phi) is 10.8. The number of hydrogen-bond donors (Lipinski definition) is 2. The lowest BCUT2D eigenvalue weighted by molar-refractivity contribution is 0.380. The molecule has 6 nitrogen and oxygen atoms in total. The molecular formula is C20H31IN4O2. The molecule has 0 aliphatic carbocycles. The SMILES string of the molecule is CCNC(=NCc1c(CC)noc1CC)NCCc1ccc(OC)cc1.I. The standard InChI is InChI=1S/C20H30N4O2.HI/c1-5-18-17(19(6-2)26-24-18)14-23-20(21-7-3)22-13-12-15-8-10-16(25-4)11-9-15;/h8-11H,5-7,12-14H2,1-4H3,(H2,21,22,23);1H. The number of methoxy groups -OCH3 is 1. The van der Waals surface area contributed by atoms with Gasteiger partial charge in [-0.3, -0.25) is 0 Å². The minimum Gasteiger partial charge on any atom is -0.497 e. The van der Waals surface area contributed by atoms with Crippen LogP contribution in [0.2, 0.25) is 0 Å². The van der Waals surface area contributed by atoms with Crippen LogP contribution >= 0.6 is 24.0 Å². The molecule has 2 N–H and O–H groups in total. The first-order valence-corrected chi connectivity index (χ1v) is 9.33. The Morgan fingerprint density at radius 1 is 1.11 bits per heavy atom. The smallest absolute Gasteiger partial charge is 0.191 e. The molecule has 0 unspecified atom stereocenters. The molecule has 2 aromatic rings. The van der Waals surface area contributed by atoms with Gasteiger partial charge in [0.2, 0.25) is 0 Å². The molecule has 0 aliphatic heterocycles. The van der Waals surface area contributed by atoms with Gasteiger partial charge in [-0.15, -0.1) is 24.0 Å². The van der Waals surface area contributed by atoms with Gasteiger partial charge in [-0.25, -0.2) is 4.99 Å². The number of aliphatic imine (C=N–C) groups is 1. The van der Waals surface area contributed by atoms with Crippen LogP contribution in [-0.4, -0.2) is 31.3 Å². The van der Waals surface area contributed by atoms with Crippen molar-refractivity contribution < 1.29 is 9.26 Å². The zero-order chi connectivity index (χ0) is 18.8. The Labute approximate surface area is 179 Å². The molecule has 0 atom stereocenters.